The third kappa shape index (κ3) is 3.69. The molecule has 0 aliphatic carbocycles. The van der Waals surface area contributed by atoms with Crippen molar-refractivity contribution < 1.29 is 4.74 Å². The van der Waals surface area contributed by atoms with E-state index in [2.05, 4.69) is 51.4 Å². The lowest BCUT2D eigenvalue weighted by molar-refractivity contribution is 0.0115. The molecule has 6 rings (SSSR count). The molecule has 2 aromatic carbocycles. The van der Waals surface area contributed by atoms with Crippen LogP contribution in [-0.2, 0) is 4.74 Å². The smallest absolute Gasteiger partial charge is 0.199 e. The number of anilines is 1. The van der Waals surface area contributed by atoms with Gasteiger partial charge in [0, 0.05) is 60.2 Å². The van der Waals surface area contributed by atoms with Crippen LogP contribution in [0.25, 0.3) is 32.8 Å². The summed E-state index contributed by atoms with van der Waals surface area (Å²) < 4.78 is 7.76. The van der Waals surface area contributed by atoms with E-state index < -0.39 is 0 Å². The van der Waals surface area contributed by atoms with E-state index in [-0.39, 0.29) is 11.5 Å². The standard InChI is InChI=1S/C28H31N5O2/c1-18(2)33-25-16-21(31-9-7-20(8-10-31)32-11-13-35-14-12-32)4-6-23(25)27(34)26-22-5-3-19(17-29)15-24(22)30-28(26)33/h3-6,15-16,18,20,30H,7-14H2,1-2H3. The molecule has 0 bridgehead atoms. The van der Waals surface area contributed by atoms with Crippen molar-refractivity contribution in [3.05, 3.63) is 52.2 Å². The van der Waals surface area contributed by atoms with E-state index in [1.54, 1.807) is 6.07 Å². The Labute approximate surface area is 204 Å². The Hall–Kier alpha value is -3.34. The molecule has 2 saturated heterocycles. The zero-order valence-corrected chi connectivity index (χ0v) is 20.4. The van der Waals surface area contributed by atoms with Crippen LogP contribution in [0.1, 0.15) is 38.3 Å². The highest BCUT2D eigenvalue weighted by atomic mass is 16.5. The summed E-state index contributed by atoms with van der Waals surface area (Å²) in [4.78, 5) is 22.2. The van der Waals surface area contributed by atoms with Crippen LogP contribution in [0, 0.1) is 11.3 Å². The number of benzene rings is 2. The quantitative estimate of drug-likeness (QED) is 0.482. The largest absolute Gasteiger partial charge is 0.379 e. The minimum atomic E-state index is 0.0421. The number of nitrogens with zero attached hydrogens (tertiary/aromatic N) is 4. The van der Waals surface area contributed by atoms with Crippen LogP contribution in [0.4, 0.5) is 5.69 Å². The van der Waals surface area contributed by atoms with Crippen molar-refractivity contribution in [1.29, 1.82) is 5.26 Å². The molecule has 2 aliphatic heterocycles. The van der Waals surface area contributed by atoms with E-state index >= 15 is 0 Å². The van der Waals surface area contributed by atoms with Gasteiger partial charge in [-0.2, -0.15) is 5.26 Å². The van der Waals surface area contributed by atoms with Crippen molar-refractivity contribution in [2.24, 2.45) is 0 Å². The number of aromatic amines is 1. The summed E-state index contributed by atoms with van der Waals surface area (Å²) in [6, 6.07) is 14.8. The molecule has 35 heavy (non-hydrogen) atoms. The summed E-state index contributed by atoms with van der Waals surface area (Å²) in [7, 11) is 0. The zero-order chi connectivity index (χ0) is 24.1. The van der Waals surface area contributed by atoms with Crippen molar-refractivity contribution in [1.82, 2.24) is 14.5 Å². The Bertz CT molecular complexity index is 1510. The van der Waals surface area contributed by atoms with Crippen LogP contribution in [-0.4, -0.2) is 59.9 Å². The number of pyridine rings is 1. The molecule has 7 nitrogen and oxygen atoms in total. The zero-order valence-electron chi connectivity index (χ0n) is 20.4. The van der Waals surface area contributed by atoms with Crippen LogP contribution in [0.5, 0.6) is 0 Å². The summed E-state index contributed by atoms with van der Waals surface area (Å²) in [6.07, 6.45) is 2.30. The average Bonchev–Trinajstić information content (AvgIpc) is 3.27. The maximum Gasteiger partial charge on any atom is 0.199 e. The number of ether oxygens (including phenoxy) is 1. The number of nitriles is 1. The Kier molecular flexibility index (Phi) is 5.51. The van der Waals surface area contributed by atoms with Gasteiger partial charge in [-0.3, -0.25) is 9.69 Å². The van der Waals surface area contributed by atoms with Gasteiger partial charge in [-0.05, 0) is 57.0 Å². The summed E-state index contributed by atoms with van der Waals surface area (Å²) in [5, 5.41) is 11.6. The van der Waals surface area contributed by atoms with Crippen LogP contribution >= 0.6 is 0 Å². The van der Waals surface area contributed by atoms with Crippen molar-refractivity contribution in [3.63, 3.8) is 0 Å². The first-order chi connectivity index (χ1) is 17.0. The number of H-pyrrole nitrogens is 1. The monoisotopic (exact) mass is 469 g/mol. The lowest BCUT2D eigenvalue weighted by Gasteiger charge is -2.41. The number of fused-ring (bicyclic) bond motifs is 4. The minimum absolute atomic E-state index is 0.0421. The molecule has 4 aromatic rings. The molecule has 4 heterocycles. The molecule has 0 radical (unpaired) electrons. The minimum Gasteiger partial charge on any atom is -0.379 e. The number of aromatic nitrogens is 2. The van der Waals surface area contributed by atoms with Crippen LogP contribution in [0.2, 0.25) is 0 Å². The number of hydrogen-bond acceptors (Lipinski definition) is 5. The normalized spacial score (nSPS) is 18.2. The molecule has 0 unspecified atom stereocenters. The summed E-state index contributed by atoms with van der Waals surface area (Å²) >= 11 is 0. The molecule has 7 heteroatoms. The first-order valence-electron chi connectivity index (χ1n) is 12.7. The maximum absolute atomic E-state index is 13.7. The third-order valence-corrected chi connectivity index (χ3v) is 7.77. The number of morpholine rings is 1. The highest BCUT2D eigenvalue weighted by Gasteiger charge is 2.26. The van der Waals surface area contributed by atoms with E-state index in [9.17, 15) is 10.1 Å². The van der Waals surface area contributed by atoms with Gasteiger partial charge in [-0.15, -0.1) is 0 Å². The fourth-order valence-corrected chi connectivity index (χ4v) is 5.99. The second kappa shape index (κ2) is 8.71. The molecule has 2 aliphatic rings. The van der Waals surface area contributed by atoms with Gasteiger partial charge in [-0.1, -0.05) is 6.07 Å². The van der Waals surface area contributed by atoms with Crippen LogP contribution < -0.4 is 10.3 Å². The van der Waals surface area contributed by atoms with Crippen molar-refractivity contribution >= 4 is 38.5 Å². The predicted molar refractivity (Wildman–Crippen MR) is 140 cm³/mol. The number of nitrogens with one attached hydrogen (secondary N) is 1. The molecule has 0 atom stereocenters. The van der Waals surface area contributed by atoms with Gasteiger partial charge in [-0.25, -0.2) is 0 Å². The van der Waals surface area contributed by atoms with E-state index in [1.165, 1.54) is 5.69 Å². The Morgan fingerprint density at radius 1 is 1.03 bits per heavy atom. The molecule has 180 valence electrons. The van der Waals surface area contributed by atoms with E-state index in [4.69, 9.17) is 4.74 Å². The molecule has 0 spiro atoms. The van der Waals surface area contributed by atoms with Gasteiger partial charge >= 0.3 is 0 Å². The number of piperidine rings is 1. The first-order valence-corrected chi connectivity index (χ1v) is 12.7. The summed E-state index contributed by atoms with van der Waals surface area (Å²) in [6.45, 7) is 10.1. The van der Waals surface area contributed by atoms with Crippen molar-refractivity contribution in [3.8, 4) is 6.07 Å². The van der Waals surface area contributed by atoms with Crippen LogP contribution in [0.3, 0.4) is 0 Å². The first kappa shape index (κ1) is 22.1. The maximum atomic E-state index is 13.7. The molecule has 0 amide bonds. The Balaban J connectivity index is 1.42. The molecule has 2 aromatic heterocycles. The van der Waals surface area contributed by atoms with E-state index in [0.717, 1.165) is 79.7 Å². The van der Waals surface area contributed by atoms with E-state index in [0.29, 0.717) is 17.0 Å². The molecule has 1 N–H and O–H groups in total. The summed E-state index contributed by atoms with van der Waals surface area (Å²) in [5.41, 5.74) is 4.41. The average molecular weight is 470 g/mol. The molecular formula is C28H31N5O2. The topological polar surface area (TPSA) is 77.3 Å². The van der Waals surface area contributed by atoms with E-state index in [1.807, 2.05) is 18.2 Å². The molecular weight excluding hydrogens is 438 g/mol. The highest BCUT2D eigenvalue weighted by molar-refractivity contribution is 6.10. The van der Waals surface area contributed by atoms with Gasteiger partial charge in [0.1, 0.15) is 5.65 Å². The Morgan fingerprint density at radius 3 is 2.49 bits per heavy atom. The van der Waals surface area contributed by atoms with Crippen molar-refractivity contribution in [2.75, 3.05) is 44.3 Å². The summed E-state index contributed by atoms with van der Waals surface area (Å²) in [5.74, 6) is 0. The lowest BCUT2D eigenvalue weighted by Crippen LogP contribution is -2.49. The lowest BCUT2D eigenvalue weighted by atomic mass is 10.0. The van der Waals surface area contributed by atoms with Gasteiger partial charge in [0.25, 0.3) is 0 Å². The fourth-order valence-electron chi connectivity index (χ4n) is 5.99. The van der Waals surface area contributed by atoms with Crippen LogP contribution in [0.15, 0.2) is 41.2 Å². The van der Waals surface area contributed by atoms with Gasteiger partial charge in [0.15, 0.2) is 5.43 Å². The number of rotatable bonds is 3. The molecule has 2 fully saturated rings. The number of hydrogen-bond donors (Lipinski definition) is 1. The Morgan fingerprint density at radius 2 is 1.77 bits per heavy atom. The SMILES string of the molecule is CC(C)n1c2cc(N3CCC(N4CCOCC4)CC3)ccc2c(=O)c2c3ccc(C#N)cc3[nH]c21. The van der Waals surface area contributed by atoms with Gasteiger partial charge in [0.05, 0.1) is 35.7 Å². The van der Waals surface area contributed by atoms with Gasteiger partial charge in [0.2, 0.25) is 0 Å². The van der Waals surface area contributed by atoms with Crippen molar-refractivity contribution in [2.45, 2.75) is 38.8 Å². The second-order valence-electron chi connectivity index (χ2n) is 10.1. The highest BCUT2D eigenvalue weighted by Crippen LogP contribution is 2.32. The second-order valence-corrected chi connectivity index (χ2v) is 10.1. The van der Waals surface area contributed by atoms with Gasteiger partial charge < -0.3 is 19.2 Å². The predicted octanol–water partition coefficient (Wildman–Crippen LogP) is 4.39. The molecule has 0 saturated carbocycles. The third-order valence-electron chi connectivity index (χ3n) is 7.77. The fraction of sp³-hybridized carbons (Fsp3) is 0.429.